The number of carbonyl (C=O) groups excluding carboxylic acids is 1. The second kappa shape index (κ2) is 8.75. The van der Waals surface area contributed by atoms with Crippen LogP contribution in [-0.2, 0) is 16.8 Å². The summed E-state index contributed by atoms with van der Waals surface area (Å²) in [4.78, 5) is 17.6. The molecule has 32 heavy (non-hydrogen) atoms. The highest BCUT2D eigenvalue weighted by molar-refractivity contribution is 6.30. The Bertz CT molecular complexity index is 1270. The first-order chi connectivity index (χ1) is 15.2. The third kappa shape index (κ3) is 4.53. The van der Waals surface area contributed by atoms with Crippen LogP contribution in [0.15, 0.2) is 66.9 Å². The Kier molecular flexibility index (Phi) is 6.02. The van der Waals surface area contributed by atoms with Crippen molar-refractivity contribution in [3.8, 4) is 5.69 Å². The van der Waals surface area contributed by atoms with Crippen molar-refractivity contribution in [3.05, 3.63) is 88.8 Å². The number of amides is 1. The van der Waals surface area contributed by atoms with Crippen LogP contribution in [0.1, 0.15) is 50.6 Å². The molecule has 164 valence electrons. The van der Waals surface area contributed by atoms with E-state index in [1.54, 1.807) is 6.20 Å². The number of pyridine rings is 1. The van der Waals surface area contributed by atoms with Crippen LogP contribution >= 0.6 is 11.6 Å². The zero-order valence-corrected chi connectivity index (χ0v) is 19.5. The number of rotatable bonds is 5. The van der Waals surface area contributed by atoms with Gasteiger partial charge in [-0.1, -0.05) is 62.7 Å². The van der Waals surface area contributed by atoms with Gasteiger partial charge in [-0.25, -0.2) is 4.68 Å². The van der Waals surface area contributed by atoms with E-state index in [1.165, 1.54) is 0 Å². The van der Waals surface area contributed by atoms with Crippen molar-refractivity contribution in [1.82, 2.24) is 20.1 Å². The lowest BCUT2D eigenvalue weighted by atomic mass is 9.92. The van der Waals surface area contributed by atoms with Crippen molar-refractivity contribution < 1.29 is 4.79 Å². The van der Waals surface area contributed by atoms with Crippen molar-refractivity contribution >= 4 is 28.4 Å². The molecule has 1 N–H and O–H groups in total. The van der Waals surface area contributed by atoms with Gasteiger partial charge in [0.25, 0.3) is 0 Å². The quantitative estimate of drug-likeness (QED) is 0.422. The van der Waals surface area contributed by atoms with Gasteiger partial charge >= 0.3 is 0 Å². The van der Waals surface area contributed by atoms with Gasteiger partial charge in [-0.2, -0.15) is 5.10 Å². The lowest BCUT2D eigenvalue weighted by molar-refractivity contribution is -0.122. The molecule has 0 spiro atoms. The number of carbonyl (C=O) groups is 1. The van der Waals surface area contributed by atoms with Gasteiger partial charge in [-0.05, 0) is 42.8 Å². The minimum absolute atomic E-state index is 0.0562. The molecule has 0 radical (unpaired) electrons. The van der Waals surface area contributed by atoms with Crippen molar-refractivity contribution in [2.75, 3.05) is 0 Å². The van der Waals surface area contributed by atoms with Crippen LogP contribution < -0.4 is 5.32 Å². The molecular weight excluding hydrogens is 420 g/mol. The summed E-state index contributed by atoms with van der Waals surface area (Å²) < 4.78 is 1.86. The molecule has 4 rings (SSSR count). The Hall–Kier alpha value is -3.18. The summed E-state index contributed by atoms with van der Waals surface area (Å²) >= 11 is 6.21. The van der Waals surface area contributed by atoms with Crippen molar-refractivity contribution in [2.45, 2.75) is 45.6 Å². The SMILES string of the molecule is CC(C(=O)NCc1cc(C(C)(C)C)nn1-c1cccc(Cl)c1)c1cccc2cccnc12. The van der Waals surface area contributed by atoms with Crippen LogP contribution in [0.5, 0.6) is 0 Å². The first-order valence-electron chi connectivity index (χ1n) is 10.7. The fourth-order valence-electron chi connectivity index (χ4n) is 3.69. The van der Waals surface area contributed by atoms with Crippen LogP contribution in [0.3, 0.4) is 0 Å². The van der Waals surface area contributed by atoms with E-state index in [1.807, 2.05) is 72.3 Å². The molecule has 0 aliphatic carbocycles. The third-order valence-corrected chi connectivity index (χ3v) is 5.81. The largest absolute Gasteiger partial charge is 0.350 e. The van der Waals surface area contributed by atoms with E-state index in [0.29, 0.717) is 11.6 Å². The van der Waals surface area contributed by atoms with E-state index in [9.17, 15) is 4.79 Å². The molecule has 2 aromatic carbocycles. The fourth-order valence-corrected chi connectivity index (χ4v) is 3.88. The van der Waals surface area contributed by atoms with Crippen molar-refractivity contribution in [1.29, 1.82) is 0 Å². The topological polar surface area (TPSA) is 59.8 Å². The van der Waals surface area contributed by atoms with E-state index >= 15 is 0 Å². The molecule has 0 saturated heterocycles. The first-order valence-corrected chi connectivity index (χ1v) is 11.1. The van der Waals surface area contributed by atoms with Crippen LogP contribution in [0.2, 0.25) is 5.02 Å². The Morgan fingerprint density at radius 1 is 1.09 bits per heavy atom. The van der Waals surface area contributed by atoms with Gasteiger partial charge < -0.3 is 5.32 Å². The molecule has 1 atom stereocenters. The van der Waals surface area contributed by atoms with E-state index in [4.69, 9.17) is 16.7 Å². The average Bonchev–Trinajstić information content (AvgIpc) is 3.21. The van der Waals surface area contributed by atoms with Crippen LogP contribution in [0, 0.1) is 0 Å². The second-order valence-corrected chi connectivity index (χ2v) is 9.46. The number of para-hydroxylation sites is 1. The highest BCUT2D eigenvalue weighted by Crippen LogP contribution is 2.26. The summed E-state index contributed by atoms with van der Waals surface area (Å²) in [5.41, 5.74) is 4.37. The zero-order valence-electron chi connectivity index (χ0n) is 18.8. The van der Waals surface area contributed by atoms with E-state index in [0.717, 1.165) is 33.5 Å². The van der Waals surface area contributed by atoms with Crippen LogP contribution in [-0.4, -0.2) is 20.7 Å². The molecule has 2 heterocycles. The number of aromatic nitrogens is 3. The summed E-state index contributed by atoms with van der Waals surface area (Å²) in [5, 5.41) is 9.57. The first kappa shape index (κ1) is 22.0. The Labute approximate surface area is 193 Å². The molecule has 0 fully saturated rings. The number of halogens is 1. The van der Waals surface area contributed by atoms with Crippen LogP contribution in [0.25, 0.3) is 16.6 Å². The number of nitrogens with one attached hydrogen (secondary N) is 1. The van der Waals surface area contributed by atoms with Gasteiger partial charge in [-0.3, -0.25) is 9.78 Å². The van der Waals surface area contributed by atoms with Crippen LogP contribution in [0.4, 0.5) is 0 Å². The Morgan fingerprint density at radius 3 is 2.59 bits per heavy atom. The third-order valence-electron chi connectivity index (χ3n) is 5.57. The molecule has 6 heteroatoms. The molecular formula is C26H27ClN4O. The minimum atomic E-state index is -0.335. The predicted molar refractivity (Wildman–Crippen MR) is 129 cm³/mol. The maximum absolute atomic E-state index is 13.1. The number of hydrogen-bond acceptors (Lipinski definition) is 3. The van der Waals surface area contributed by atoms with Gasteiger partial charge in [-0.15, -0.1) is 0 Å². The lowest BCUT2D eigenvalue weighted by Gasteiger charge is -2.15. The molecule has 2 aromatic heterocycles. The molecule has 4 aromatic rings. The highest BCUT2D eigenvalue weighted by atomic mass is 35.5. The monoisotopic (exact) mass is 446 g/mol. The molecule has 1 unspecified atom stereocenters. The number of nitrogens with zero attached hydrogens (tertiary/aromatic N) is 3. The molecule has 5 nitrogen and oxygen atoms in total. The van der Waals surface area contributed by atoms with Crippen molar-refractivity contribution in [2.24, 2.45) is 0 Å². The molecule has 1 amide bonds. The smallest absolute Gasteiger partial charge is 0.227 e. The zero-order chi connectivity index (χ0) is 22.9. The normalized spacial score (nSPS) is 12.7. The van der Waals surface area contributed by atoms with E-state index in [-0.39, 0.29) is 17.2 Å². The highest BCUT2D eigenvalue weighted by Gasteiger charge is 2.22. The Morgan fingerprint density at radius 2 is 1.84 bits per heavy atom. The number of hydrogen-bond donors (Lipinski definition) is 1. The van der Waals surface area contributed by atoms with E-state index in [2.05, 4.69) is 31.1 Å². The Balaban J connectivity index is 1.60. The number of fused-ring (bicyclic) bond motifs is 1. The van der Waals surface area contributed by atoms with Gasteiger partial charge in [0.15, 0.2) is 0 Å². The lowest BCUT2D eigenvalue weighted by Crippen LogP contribution is -2.28. The molecule has 0 aliphatic heterocycles. The number of benzene rings is 2. The standard InChI is InChI=1S/C26H27ClN4O/c1-17(22-12-5-8-18-9-7-13-28-24(18)22)25(32)29-16-21-15-23(26(2,3)4)30-31(21)20-11-6-10-19(27)14-20/h5-15,17H,16H2,1-4H3,(H,29,32). The van der Waals surface area contributed by atoms with E-state index < -0.39 is 0 Å². The second-order valence-electron chi connectivity index (χ2n) is 9.02. The molecule has 0 saturated carbocycles. The summed E-state index contributed by atoms with van der Waals surface area (Å²) in [5.74, 6) is -0.391. The summed E-state index contributed by atoms with van der Waals surface area (Å²) in [7, 11) is 0. The molecule has 0 aliphatic rings. The summed E-state index contributed by atoms with van der Waals surface area (Å²) in [6.07, 6.45) is 1.76. The molecule has 0 bridgehead atoms. The predicted octanol–water partition coefficient (Wildman–Crippen LogP) is 5.79. The van der Waals surface area contributed by atoms with Crippen molar-refractivity contribution in [3.63, 3.8) is 0 Å². The summed E-state index contributed by atoms with van der Waals surface area (Å²) in [6.45, 7) is 8.63. The van der Waals surface area contributed by atoms with Gasteiger partial charge in [0.1, 0.15) is 0 Å². The van der Waals surface area contributed by atoms with Gasteiger partial charge in [0, 0.05) is 22.0 Å². The van der Waals surface area contributed by atoms with Gasteiger partial charge in [0.2, 0.25) is 5.91 Å². The maximum atomic E-state index is 13.1. The summed E-state index contributed by atoms with van der Waals surface area (Å²) in [6, 6.07) is 19.5. The fraction of sp³-hybridized carbons (Fsp3) is 0.269. The average molecular weight is 447 g/mol. The minimum Gasteiger partial charge on any atom is -0.350 e. The van der Waals surface area contributed by atoms with Gasteiger partial charge in [0.05, 0.1) is 35.1 Å². The maximum Gasteiger partial charge on any atom is 0.227 e.